The van der Waals surface area contributed by atoms with E-state index in [0.717, 1.165) is 25.3 Å². The minimum absolute atomic E-state index is 0.201. The highest BCUT2D eigenvalue weighted by atomic mass is 79.9. The summed E-state index contributed by atoms with van der Waals surface area (Å²) in [6.45, 7) is 7.46. The maximum absolute atomic E-state index is 13.2. The Bertz CT molecular complexity index is 409. The summed E-state index contributed by atoms with van der Waals surface area (Å²) in [4.78, 5) is 2.33. The molecule has 0 spiro atoms. The van der Waals surface area contributed by atoms with Gasteiger partial charge in [0.15, 0.2) is 0 Å². The van der Waals surface area contributed by atoms with Crippen LogP contribution < -0.4 is 10.2 Å². The third kappa shape index (κ3) is 3.45. The zero-order valence-corrected chi connectivity index (χ0v) is 12.5. The molecule has 1 fully saturated rings. The van der Waals surface area contributed by atoms with Crippen molar-refractivity contribution in [1.29, 1.82) is 0 Å². The van der Waals surface area contributed by atoms with E-state index in [2.05, 4.69) is 40.0 Å². The van der Waals surface area contributed by atoms with Gasteiger partial charge in [-0.3, -0.25) is 0 Å². The first-order valence-electron chi connectivity index (χ1n) is 6.49. The molecule has 0 radical (unpaired) electrons. The molecule has 1 aliphatic rings. The molecule has 1 heterocycles. The summed E-state index contributed by atoms with van der Waals surface area (Å²) in [6.07, 6.45) is 1.18. The maximum Gasteiger partial charge on any atom is 0.137 e. The van der Waals surface area contributed by atoms with Crippen molar-refractivity contribution in [2.45, 2.75) is 26.3 Å². The van der Waals surface area contributed by atoms with Crippen LogP contribution >= 0.6 is 15.9 Å². The Morgan fingerprint density at radius 1 is 1.50 bits per heavy atom. The zero-order valence-electron chi connectivity index (χ0n) is 10.9. The minimum Gasteiger partial charge on any atom is -0.369 e. The molecule has 0 bridgehead atoms. The predicted octanol–water partition coefficient (Wildman–Crippen LogP) is 3.41. The zero-order chi connectivity index (χ0) is 13.1. The van der Waals surface area contributed by atoms with Gasteiger partial charge in [0.05, 0.1) is 4.47 Å². The fourth-order valence-electron chi connectivity index (χ4n) is 2.47. The van der Waals surface area contributed by atoms with Gasteiger partial charge in [-0.2, -0.15) is 0 Å². The molecule has 1 aliphatic heterocycles. The van der Waals surface area contributed by atoms with Crippen LogP contribution in [0.1, 0.15) is 20.3 Å². The Morgan fingerprint density at radius 3 is 2.94 bits per heavy atom. The molecule has 18 heavy (non-hydrogen) atoms. The molecule has 1 saturated heterocycles. The van der Waals surface area contributed by atoms with Gasteiger partial charge in [-0.1, -0.05) is 13.8 Å². The molecule has 1 aromatic carbocycles. The van der Waals surface area contributed by atoms with Crippen LogP contribution in [-0.4, -0.2) is 25.7 Å². The third-order valence-electron chi connectivity index (χ3n) is 3.28. The van der Waals surface area contributed by atoms with E-state index in [-0.39, 0.29) is 5.82 Å². The summed E-state index contributed by atoms with van der Waals surface area (Å²) in [7, 11) is 0. The van der Waals surface area contributed by atoms with E-state index >= 15 is 0 Å². The highest BCUT2D eigenvalue weighted by Gasteiger charge is 2.20. The van der Waals surface area contributed by atoms with Gasteiger partial charge in [0, 0.05) is 31.4 Å². The van der Waals surface area contributed by atoms with E-state index in [9.17, 15) is 4.39 Å². The number of hydrogen-bond acceptors (Lipinski definition) is 2. The fourth-order valence-corrected chi connectivity index (χ4v) is 2.84. The summed E-state index contributed by atoms with van der Waals surface area (Å²) in [5, 5.41) is 3.55. The van der Waals surface area contributed by atoms with Gasteiger partial charge < -0.3 is 10.2 Å². The second-order valence-electron chi connectivity index (χ2n) is 5.33. The van der Waals surface area contributed by atoms with Crippen molar-refractivity contribution in [3.63, 3.8) is 0 Å². The first-order valence-corrected chi connectivity index (χ1v) is 7.29. The van der Waals surface area contributed by atoms with Crippen LogP contribution in [0.2, 0.25) is 0 Å². The molecule has 1 atom stereocenters. The van der Waals surface area contributed by atoms with Crippen LogP contribution in [0.3, 0.4) is 0 Å². The van der Waals surface area contributed by atoms with Crippen LogP contribution in [0.25, 0.3) is 0 Å². The molecule has 100 valence electrons. The van der Waals surface area contributed by atoms with Crippen LogP contribution in [0, 0.1) is 11.7 Å². The van der Waals surface area contributed by atoms with Crippen LogP contribution in [0.15, 0.2) is 22.7 Å². The van der Waals surface area contributed by atoms with E-state index in [4.69, 9.17) is 0 Å². The number of rotatable bonds is 3. The van der Waals surface area contributed by atoms with E-state index in [1.807, 2.05) is 12.1 Å². The molecule has 0 saturated carbocycles. The summed E-state index contributed by atoms with van der Waals surface area (Å²) >= 11 is 3.25. The van der Waals surface area contributed by atoms with Crippen molar-refractivity contribution < 1.29 is 4.39 Å². The maximum atomic E-state index is 13.2. The largest absolute Gasteiger partial charge is 0.369 e. The van der Waals surface area contributed by atoms with Crippen molar-refractivity contribution >= 4 is 21.6 Å². The van der Waals surface area contributed by atoms with Gasteiger partial charge in [-0.05, 0) is 46.5 Å². The summed E-state index contributed by atoms with van der Waals surface area (Å²) in [6, 6.07) is 5.78. The Hall–Kier alpha value is -0.610. The van der Waals surface area contributed by atoms with E-state index in [1.54, 1.807) is 0 Å². The Balaban J connectivity index is 2.05. The number of nitrogens with zero attached hydrogens (tertiary/aromatic N) is 1. The molecule has 4 heteroatoms. The lowest BCUT2D eigenvalue weighted by Crippen LogP contribution is -2.51. The van der Waals surface area contributed by atoms with Gasteiger partial charge in [0.25, 0.3) is 0 Å². The van der Waals surface area contributed by atoms with Gasteiger partial charge in [0.1, 0.15) is 5.82 Å². The average molecular weight is 315 g/mol. The predicted molar refractivity (Wildman–Crippen MR) is 77.6 cm³/mol. The first-order chi connectivity index (χ1) is 8.56. The minimum atomic E-state index is -0.201. The molecule has 2 rings (SSSR count). The molecular formula is C14H20BrFN2. The van der Waals surface area contributed by atoms with Gasteiger partial charge in [0.2, 0.25) is 0 Å². The molecular weight excluding hydrogens is 295 g/mol. The molecule has 0 aromatic heterocycles. The number of anilines is 1. The van der Waals surface area contributed by atoms with Crippen LogP contribution in [0.5, 0.6) is 0 Å². The number of piperazine rings is 1. The fraction of sp³-hybridized carbons (Fsp3) is 0.571. The lowest BCUT2D eigenvalue weighted by Gasteiger charge is -2.36. The van der Waals surface area contributed by atoms with Crippen molar-refractivity contribution in [3.8, 4) is 0 Å². The molecule has 0 amide bonds. The Morgan fingerprint density at radius 2 is 2.28 bits per heavy atom. The summed E-state index contributed by atoms with van der Waals surface area (Å²) in [5.74, 6) is 0.495. The highest BCUT2D eigenvalue weighted by Crippen LogP contribution is 2.24. The SMILES string of the molecule is CC(C)CC1CN(c2ccc(F)c(Br)c2)CCN1. The smallest absolute Gasteiger partial charge is 0.137 e. The standard InChI is InChI=1S/C14H20BrFN2/c1-10(2)7-11-9-18(6-5-17-11)12-3-4-14(16)13(15)8-12/h3-4,8,10-11,17H,5-7,9H2,1-2H3. The van der Waals surface area contributed by atoms with Crippen molar-refractivity contribution in [3.05, 3.63) is 28.5 Å². The number of halogens is 2. The van der Waals surface area contributed by atoms with Crippen molar-refractivity contribution in [1.82, 2.24) is 5.32 Å². The summed E-state index contributed by atoms with van der Waals surface area (Å²) in [5.41, 5.74) is 1.10. The Kier molecular flexibility index (Phi) is 4.62. The number of hydrogen-bond donors (Lipinski definition) is 1. The quantitative estimate of drug-likeness (QED) is 0.919. The second-order valence-corrected chi connectivity index (χ2v) is 6.18. The Labute approximate surface area is 117 Å². The van der Waals surface area contributed by atoms with Gasteiger partial charge >= 0.3 is 0 Å². The van der Waals surface area contributed by atoms with Crippen molar-refractivity contribution in [2.24, 2.45) is 5.92 Å². The number of benzene rings is 1. The molecule has 2 nitrogen and oxygen atoms in total. The van der Waals surface area contributed by atoms with Crippen LogP contribution in [0.4, 0.5) is 10.1 Å². The number of nitrogens with one attached hydrogen (secondary N) is 1. The lowest BCUT2D eigenvalue weighted by molar-refractivity contribution is 0.388. The third-order valence-corrected chi connectivity index (χ3v) is 3.89. The molecule has 1 N–H and O–H groups in total. The monoisotopic (exact) mass is 314 g/mol. The van der Waals surface area contributed by atoms with Gasteiger partial charge in [-0.25, -0.2) is 4.39 Å². The van der Waals surface area contributed by atoms with Crippen LogP contribution in [-0.2, 0) is 0 Å². The molecule has 1 aromatic rings. The van der Waals surface area contributed by atoms with Gasteiger partial charge in [-0.15, -0.1) is 0 Å². The van der Waals surface area contributed by atoms with Crippen molar-refractivity contribution in [2.75, 3.05) is 24.5 Å². The van der Waals surface area contributed by atoms with E-state index in [0.29, 0.717) is 16.4 Å². The lowest BCUT2D eigenvalue weighted by atomic mass is 10.0. The first kappa shape index (κ1) is 13.8. The van der Waals surface area contributed by atoms with E-state index < -0.39 is 0 Å². The molecule has 1 unspecified atom stereocenters. The second kappa shape index (κ2) is 6.02. The topological polar surface area (TPSA) is 15.3 Å². The highest BCUT2D eigenvalue weighted by molar-refractivity contribution is 9.10. The average Bonchev–Trinajstić information content (AvgIpc) is 2.32. The van der Waals surface area contributed by atoms with E-state index in [1.165, 1.54) is 12.5 Å². The molecule has 0 aliphatic carbocycles. The normalized spacial score (nSPS) is 20.5. The summed E-state index contributed by atoms with van der Waals surface area (Å²) < 4.78 is 13.8.